The van der Waals surface area contributed by atoms with Crippen LogP contribution in [0.2, 0.25) is 0 Å². The molecule has 4 saturated carbocycles. The molecule has 4 bridgehead atoms. The fourth-order valence-electron chi connectivity index (χ4n) is 7.15. The third kappa shape index (κ3) is 3.67. The molecular formula is C24H33ClN2O2. The molecule has 0 aromatic heterocycles. The van der Waals surface area contributed by atoms with Crippen LogP contribution in [0.25, 0.3) is 0 Å². The number of ether oxygens (including phenoxy) is 1. The molecule has 158 valence electrons. The van der Waals surface area contributed by atoms with Crippen LogP contribution in [-0.4, -0.2) is 42.4 Å². The van der Waals surface area contributed by atoms with E-state index in [9.17, 15) is 4.79 Å². The molecule has 1 aromatic rings. The molecule has 3 unspecified atom stereocenters. The standard InChI is InChI=1S/C24H33ClN2O2/c1-29-20-6-4-5-19(10-20)21(27-7-2-3-8-27)15-26-22(28)23-11-17-9-18(12-23)14-24(25,13-17)16-23/h4-6,10,17-18,21H,2-3,7-9,11-16H2,1H3,(H,26,28). The second kappa shape index (κ2) is 7.46. The van der Waals surface area contributed by atoms with Crippen molar-refractivity contribution in [3.05, 3.63) is 29.8 Å². The highest BCUT2D eigenvalue weighted by Crippen LogP contribution is 2.63. The molecule has 1 amide bonds. The predicted molar refractivity (Wildman–Crippen MR) is 115 cm³/mol. The van der Waals surface area contributed by atoms with E-state index in [0.717, 1.165) is 50.9 Å². The molecule has 5 heteroatoms. The summed E-state index contributed by atoms with van der Waals surface area (Å²) in [7, 11) is 1.71. The normalized spacial score (nSPS) is 36.9. The minimum Gasteiger partial charge on any atom is -0.497 e. The quantitative estimate of drug-likeness (QED) is 0.693. The zero-order valence-electron chi connectivity index (χ0n) is 17.5. The van der Waals surface area contributed by atoms with Crippen LogP contribution in [0, 0.1) is 17.3 Å². The maximum atomic E-state index is 13.5. The van der Waals surface area contributed by atoms with Gasteiger partial charge in [-0.15, -0.1) is 11.6 Å². The van der Waals surface area contributed by atoms with E-state index in [1.54, 1.807) is 7.11 Å². The Morgan fingerprint density at radius 1 is 1.24 bits per heavy atom. The van der Waals surface area contributed by atoms with Gasteiger partial charge in [-0.25, -0.2) is 0 Å². The van der Waals surface area contributed by atoms with Crippen LogP contribution < -0.4 is 10.1 Å². The van der Waals surface area contributed by atoms with Crippen molar-refractivity contribution in [2.45, 2.75) is 62.3 Å². The van der Waals surface area contributed by atoms with Crippen molar-refractivity contribution in [2.75, 3.05) is 26.7 Å². The SMILES string of the molecule is COc1cccc(C(CNC(=O)C23CC4CC(CC(Cl)(C4)C2)C3)N2CCCC2)c1. The Kier molecular flexibility index (Phi) is 5.06. The summed E-state index contributed by atoms with van der Waals surface area (Å²) >= 11 is 6.96. The molecule has 1 heterocycles. The molecule has 5 aliphatic rings. The maximum Gasteiger partial charge on any atom is 0.226 e. The molecule has 1 saturated heterocycles. The number of carbonyl (C=O) groups excluding carboxylic acids is 1. The average molecular weight is 417 g/mol. The Balaban J connectivity index is 1.33. The van der Waals surface area contributed by atoms with Crippen molar-refractivity contribution in [3.8, 4) is 5.75 Å². The second-order valence-electron chi connectivity index (χ2n) is 10.1. The number of benzene rings is 1. The third-order valence-electron chi connectivity index (χ3n) is 7.99. The molecule has 3 atom stereocenters. The van der Waals surface area contributed by atoms with Crippen molar-refractivity contribution < 1.29 is 9.53 Å². The van der Waals surface area contributed by atoms with Gasteiger partial charge in [0.1, 0.15) is 5.75 Å². The Morgan fingerprint density at radius 3 is 2.62 bits per heavy atom. The van der Waals surface area contributed by atoms with Gasteiger partial charge in [0.2, 0.25) is 5.91 Å². The smallest absolute Gasteiger partial charge is 0.226 e. The van der Waals surface area contributed by atoms with Gasteiger partial charge in [0.05, 0.1) is 18.6 Å². The second-order valence-corrected chi connectivity index (χ2v) is 10.9. The number of nitrogens with one attached hydrogen (secondary N) is 1. The largest absolute Gasteiger partial charge is 0.497 e. The molecule has 6 rings (SSSR count). The van der Waals surface area contributed by atoms with Gasteiger partial charge in [-0.05, 0) is 94.0 Å². The summed E-state index contributed by atoms with van der Waals surface area (Å²) in [6.45, 7) is 2.86. The predicted octanol–water partition coefficient (Wildman–Crippen LogP) is 4.53. The number of methoxy groups -OCH3 is 1. The van der Waals surface area contributed by atoms with E-state index >= 15 is 0 Å². The fraction of sp³-hybridized carbons (Fsp3) is 0.708. The number of rotatable bonds is 6. The fourth-order valence-corrected chi connectivity index (χ4v) is 7.85. The number of amides is 1. The van der Waals surface area contributed by atoms with Crippen molar-refractivity contribution in [1.29, 1.82) is 0 Å². The van der Waals surface area contributed by atoms with Crippen LogP contribution >= 0.6 is 11.6 Å². The molecule has 4 aliphatic carbocycles. The lowest BCUT2D eigenvalue weighted by molar-refractivity contribution is -0.144. The van der Waals surface area contributed by atoms with E-state index in [1.807, 2.05) is 6.07 Å². The molecule has 0 radical (unpaired) electrons. The Hall–Kier alpha value is -1.26. The van der Waals surface area contributed by atoms with E-state index in [-0.39, 0.29) is 22.2 Å². The number of halogens is 1. The van der Waals surface area contributed by atoms with E-state index in [4.69, 9.17) is 16.3 Å². The number of alkyl halides is 1. The summed E-state index contributed by atoms with van der Waals surface area (Å²) in [6.07, 6.45) is 8.92. The van der Waals surface area contributed by atoms with Crippen molar-refractivity contribution in [1.82, 2.24) is 10.2 Å². The average Bonchev–Trinajstić information content (AvgIpc) is 3.21. The first-order valence-corrected chi connectivity index (χ1v) is 11.7. The van der Waals surface area contributed by atoms with Gasteiger partial charge >= 0.3 is 0 Å². The van der Waals surface area contributed by atoms with Gasteiger partial charge in [0.25, 0.3) is 0 Å². The van der Waals surface area contributed by atoms with Crippen molar-refractivity contribution in [3.63, 3.8) is 0 Å². The van der Waals surface area contributed by atoms with Crippen molar-refractivity contribution >= 4 is 17.5 Å². The molecular weight excluding hydrogens is 384 g/mol. The van der Waals surface area contributed by atoms with Gasteiger partial charge in [0.15, 0.2) is 0 Å². The van der Waals surface area contributed by atoms with Gasteiger partial charge < -0.3 is 10.1 Å². The first-order valence-electron chi connectivity index (χ1n) is 11.3. The lowest BCUT2D eigenvalue weighted by Gasteiger charge is -2.59. The van der Waals surface area contributed by atoms with Crippen LogP contribution in [0.3, 0.4) is 0 Å². The Labute approximate surface area is 179 Å². The van der Waals surface area contributed by atoms with Crippen LogP contribution in [0.1, 0.15) is 63.0 Å². The highest BCUT2D eigenvalue weighted by molar-refractivity contribution is 6.24. The van der Waals surface area contributed by atoms with E-state index in [1.165, 1.54) is 24.8 Å². The first-order chi connectivity index (χ1) is 14.0. The molecule has 0 spiro atoms. The summed E-state index contributed by atoms with van der Waals surface area (Å²) in [5.41, 5.74) is 1.00. The van der Waals surface area contributed by atoms with Crippen LogP contribution in [0.4, 0.5) is 0 Å². The highest BCUT2D eigenvalue weighted by atomic mass is 35.5. The van der Waals surface area contributed by atoms with Crippen molar-refractivity contribution in [2.24, 2.45) is 17.3 Å². The van der Waals surface area contributed by atoms with Gasteiger partial charge in [0, 0.05) is 11.4 Å². The Bertz CT molecular complexity index is 762. The summed E-state index contributed by atoms with van der Waals surface area (Å²) in [5.74, 6) is 2.42. The zero-order chi connectivity index (χ0) is 20.1. The molecule has 29 heavy (non-hydrogen) atoms. The third-order valence-corrected chi connectivity index (χ3v) is 8.43. The van der Waals surface area contributed by atoms with Crippen LogP contribution in [0.5, 0.6) is 5.75 Å². The maximum absolute atomic E-state index is 13.5. The summed E-state index contributed by atoms with van der Waals surface area (Å²) < 4.78 is 5.45. The molecule has 1 aromatic carbocycles. The minimum atomic E-state index is -0.226. The monoisotopic (exact) mass is 416 g/mol. The van der Waals surface area contributed by atoms with Gasteiger partial charge in [-0.1, -0.05) is 12.1 Å². The summed E-state index contributed by atoms with van der Waals surface area (Å²) in [6, 6.07) is 8.52. The summed E-state index contributed by atoms with van der Waals surface area (Å²) in [5, 5.41) is 3.39. The topological polar surface area (TPSA) is 41.6 Å². The van der Waals surface area contributed by atoms with E-state index in [0.29, 0.717) is 18.4 Å². The molecule has 1 N–H and O–H groups in total. The lowest BCUT2D eigenvalue weighted by atomic mass is 9.49. The first kappa shape index (κ1) is 19.7. The molecule has 1 aliphatic heterocycles. The summed E-state index contributed by atoms with van der Waals surface area (Å²) in [4.78, 5) is 15.9. The number of hydrogen-bond donors (Lipinski definition) is 1. The van der Waals surface area contributed by atoms with E-state index < -0.39 is 0 Å². The number of carbonyl (C=O) groups is 1. The van der Waals surface area contributed by atoms with Gasteiger partial charge in [-0.3, -0.25) is 9.69 Å². The number of likely N-dealkylation sites (tertiary alicyclic amines) is 1. The number of nitrogens with zero attached hydrogens (tertiary/aromatic N) is 1. The highest BCUT2D eigenvalue weighted by Gasteiger charge is 2.60. The Morgan fingerprint density at radius 2 is 1.97 bits per heavy atom. The minimum absolute atomic E-state index is 0.122. The lowest BCUT2D eigenvalue weighted by Crippen LogP contribution is -2.58. The molecule has 4 nitrogen and oxygen atoms in total. The molecule has 5 fully saturated rings. The van der Waals surface area contributed by atoms with Gasteiger partial charge in [-0.2, -0.15) is 0 Å². The number of hydrogen-bond acceptors (Lipinski definition) is 3. The van der Waals surface area contributed by atoms with Crippen LogP contribution in [0.15, 0.2) is 24.3 Å². The van der Waals surface area contributed by atoms with Crippen LogP contribution in [-0.2, 0) is 4.79 Å². The zero-order valence-corrected chi connectivity index (χ0v) is 18.2. The van der Waals surface area contributed by atoms with E-state index in [2.05, 4.69) is 28.4 Å².